The van der Waals surface area contributed by atoms with E-state index < -0.39 is 0 Å². The third-order valence-corrected chi connectivity index (χ3v) is 5.96. The number of ether oxygens (including phenoxy) is 2. The van der Waals surface area contributed by atoms with Crippen molar-refractivity contribution in [3.63, 3.8) is 0 Å². The van der Waals surface area contributed by atoms with Crippen molar-refractivity contribution in [3.05, 3.63) is 29.3 Å². The van der Waals surface area contributed by atoms with E-state index in [4.69, 9.17) is 14.5 Å². The predicted molar refractivity (Wildman–Crippen MR) is 93.2 cm³/mol. The molecule has 4 nitrogen and oxygen atoms in total. The van der Waals surface area contributed by atoms with E-state index in [1.807, 2.05) is 11.3 Å². The van der Waals surface area contributed by atoms with Crippen LogP contribution in [0.15, 0.2) is 24.3 Å². The van der Waals surface area contributed by atoms with Gasteiger partial charge in [-0.05, 0) is 31.5 Å². The lowest BCUT2D eigenvalue weighted by atomic mass is 9.97. The van der Waals surface area contributed by atoms with Gasteiger partial charge in [-0.2, -0.15) is 0 Å². The smallest absolute Gasteiger partial charge is 0.0982 e. The molecular formula is C18H24N2O2S. The molecule has 0 bridgehead atoms. The van der Waals surface area contributed by atoms with Crippen molar-refractivity contribution < 1.29 is 9.47 Å². The van der Waals surface area contributed by atoms with Crippen LogP contribution in [0.2, 0.25) is 0 Å². The largest absolute Gasteiger partial charge is 0.379 e. The van der Waals surface area contributed by atoms with Gasteiger partial charge in [-0.3, -0.25) is 0 Å². The zero-order chi connectivity index (χ0) is 15.5. The first kappa shape index (κ1) is 15.5. The van der Waals surface area contributed by atoms with E-state index in [9.17, 15) is 0 Å². The Morgan fingerprint density at radius 2 is 2.00 bits per heavy atom. The fourth-order valence-electron chi connectivity index (χ4n) is 3.62. The molecule has 1 unspecified atom stereocenters. The maximum Gasteiger partial charge on any atom is 0.0982 e. The van der Waals surface area contributed by atoms with Crippen molar-refractivity contribution in [1.82, 2.24) is 9.88 Å². The first-order chi connectivity index (χ1) is 11.4. The molecule has 0 N–H and O–H groups in total. The van der Waals surface area contributed by atoms with E-state index in [0.29, 0.717) is 11.8 Å². The van der Waals surface area contributed by atoms with Crippen LogP contribution in [0.5, 0.6) is 0 Å². The van der Waals surface area contributed by atoms with Crippen molar-refractivity contribution in [3.8, 4) is 0 Å². The number of aromatic nitrogens is 1. The molecule has 5 heteroatoms. The first-order valence-electron chi connectivity index (χ1n) is 8.62. The lowest BCUT2D eigenvalue weighted by molar-refractivity contribution is 0.0923. The Bertz CT molecular complexity index is 604. The highest BCUT2D eigenvalue weighted by molar-refractivity contribution is 7.18. The van der Waals surface area contributed by atoms with Gasteiger partial charge in [0, 0.05) is 24.9 Å². The highest BCUT2D eigenvalue weighted by atomic mass is 32.1. The molecule has 1 atom stereocenters. The van der Waals surface area contributed by atoms with Crippen LogP contribution < -0.4 is 0 Å². The SMILES string of the molecule is c1ccc2sc(C3CCCN(CC4COCCOC4)C3)nc2c1. The predicted octanol–water partition coefficient (Wildman–Crippen LogP) is 3.14. The van der Waals surface area contributed by atoms with Crippen LogP contribution in [0, 0.1) is 5.92 Å². The molecule has 0 radical (unpaired) electrons. The summed E-state index contributed by atoms with van der Waals surface area (Å²) in [5.41, 5.74) is 1.15. The summed E-state index contributed by atoms with van der Waals surface area (Å²) in [7, 11) is 0. The molecule has 0 spiro atoms. The van der Waals surface area contributed by atoms with E-state index in [0.717, 1.165) is 45.0 Å². The van der Waals surface area contributed by atoms with Gasteiger partial charge in [0.2, 0.25) is 0 Å². The number of para-hydroxylation sites is 1. The zero-order valence-corrected chi connectivity index (χ0v) is 14.3. The molecule has 23 heavy (non-hydrogen) atoms. The molecule has 0 aliphatic carbocycles. The lowest BCUT2D eigenvalue weighted by Crippen LogP contribution is -2.39. The second-order valence-corrected chi connectivity index (χ2v) is 7.70. The van der Waals surface area contributed by atoms with Crippen molar-refractivity contribution in [2.75, 3.05) is 46.1 Å². The minimum atomic E-state index is 0.506. The molecule has 2 aliphatic heterocycles. The van der Waals surface area contributed by atoms with Crippen molar-refractivity contribution in [2.24, 2.45) is 5.92 Å². The third kappa shape index (κ3) is 3.74. The summed E-state index contributed by atoms with van der Waals surface area (Å²) >= 11 is 1.87. The Kier molecular flexibility index (Phi) is 4.90. The summed E-state index contributed by atoms with van der Waals surface area (Å²) in [6.45, 7) is 6.55. The topological polar surface area (TPSA) is 34.6 Å². The normalized spacial score (nSPS) is 24.8. The first-order valence-corrected chi connectivity index (χ1v) is 9.43. The van der Waals surface area contributed by atoms with Gasteiger partial charge in [-0.1, -0.05) is 12.1 Å². The third-order valence-electron chi connectivity index (χ3n) is 4.76. The molecule has 0 saturated carbocycles. The number of rotatable bonds is 3. The van der Waals surface area contributed by atoms with Crippen LogP contribution in [0.3, 0.4) is 0 Å². The molecule has 1 aromatic heterocycles. The van der Waals surface area contributed by atoms with Crippen LogP contribution >= 0.6 is 11.3 Å². The average Bonchev–Trinajstić information content (AvgIpc) is 2.86. The van der Waals surface area contributed by atoms with E-state index in [1.54, 1.807) is 0 Å². The lowest BCUT2D eigenvalue weighted by Gasteiger charge is -2.33. The van der Waals surface area contributed by atoms with Crippen molar-refractivity contribution in [2.45, 2.75) is 18.8 Å². The molecule has 3 heterocycles. The number of nitrogens with zero attached hydrogens (tertiary/aromatic N) is 2. The fraction of sp³-hybridized carbons (Fsp3) is 0.611. The van der Waals surface area contributed by atoms with Crippen LogP contribution in [-0.4, -0.2) is 55.9 Å². The van der Waals surface area contributed by atoms with Gasteiger partial charge in [0.15, 0.2) is 0 Å². The Morgan fingerprint density at radius 3 is 2.83 bits per heavy atom. The van der Waals surface area contributed by atoms with Crippen molar-refractivity contribution in [1.29, 1.82) is 0 Å². The van der Waals surface area contributed by atoms with E-state index in [1.165, 1.54) is 29.1 Å². The number of piperidine rings is 1. The van der Waals surface area contributed by atoms with E-state index in [-0.39, 0.29) is 0 Å². The zero-order valence-electron chi connectivity index (χ0n) is 13.4. The maximum absolute atomic E-state index is 5.64. The van der Waals surface area contributed by atoms with Gasteiger partial charge < -0.3 is 14.4 Å². The summed E-state index contributed by atoms with van der Waals surface area (Å²) in [5, 5.41) is 1.31. The maximum atomic E-state index is 5.64. The quantitative estimate of drug-likeness (QED) is 0.865. The Hall–Kier alpha value is -1.01. The standard InChI is InChI=1S/C18H24N2O2S/c1-2-6-17-16(5-1)19-18(23-17)15-4-3-7-20(11-15)10-14-12-21-8-9-22-13-14/h1-2,5-6,14-15H,3-4,7-13H2. The highest BCUT2D eigenvalue weighted by Crippen LogP contribution is 2.33. The average molecular weight is 332 g/mol. The van der Waals surface area contributed by atoms with Crippen LogP contribution in [0.1, 0.15) is 23.8 Å². The number of thiazole rings is 1. The highest BCUT2D eigenvalue weighted by Gasteiger charge is 2.26. The Balaban J connectivity index is 1.41. The minimum Gasteiger partial charge on any atom is -0.379 e. The van der Waals surface area contributed by atoms with Gasteiger partial charge in [-0.15, -0.1) is 11.3 Å². The van der Waals surface area contributed by atoms with Gasteiger partial charge >= 0.3 is 0 Å². The summed E-state index contributed by atoms with van der Waals surface area (Å²) in [4.78, 5) is 7.46. The van der Waals surface area contributed by atoms with Gasteiger partial charge in [-0.25, -0.2) is 4.98 Å². The summed E-state index contributed by atoms with van der Waals surface area (Å²) in [6, 6.07) is 8.47. The molecule has 2 aliphatic rings. The van der Waals surface area contributed by atoms with E-state index in [2.05, 4.69) is 29.2 Å². The minimum absolute atomic E-state index is 0.506. The number of benzene rings is 1. The monoisotopic (exact) mass is 332 g/mol. The molecule has 4 rings (SSSR count). The summed E-state index contributed by atoms with van der Waals surface area (Å²) in [5.74, 6) is 1.08. The molecule has 2 saturated heterocycles. The molecule has 124 valence electrons. The van der Waals surface area contributed by atoms with Crippen molar-refractivity contribution >= 4 is 21.6 Å². The number of fused-ring (bicyclic) bond motifs is 1. The number of hydrogen-bond donors (Lipinski definition) is 0. The summed E-state index contributed by atoms with van der Waals surface area (Å²) in [6.07, 6.45) is 2.52. The second-order valence-electron chi connectivity index (χ2n) is 6.63. The van der Waals surface area contributed by atoms with Gasteiger partial charge in [0.1, 0.15) is 0 Å². The Morgan fingerprint density at radius 1 is 1.17 bits per heavy atom. The van der Waals surface area contributed by atoms with Crippen LogP contribution in [0.25, 0.3) is 10.2 Å². The molecule has 0 amide bonds. The van der Waals surface area contributed by atoms with Gasteiger partial charge in [0.25, 0.3) is 0 Å². The number of likely N-dealkylation sites (tertiary alicyclic amines) is 1. The number of hydrogen-bond acceptors (Lipinski definition) is 5. The fourth-order valence-corrected chi connectivity index (χ4v) is 4.72. The van der Waals surface area contributed by atoms with E-state index >= 15 is 0 Å². The van der Waals surface area contributed by atoms with Crippen LogP contribution in [-0.2, 0) is 9.47 Å². The molecule has 1 aromatic carbocycles. The molecule has 2 fully saturated rings. The second kappa shape index (κ2) is 7.26. The molecular weight excluding hydrogens is 308 g/mol. The van der Waals surface area contributed by atoms with Gasteiger partial charge in [0.05, 0.1) is 41.7 Å². The molecule has 2 aromatic rings. The Labute approximate surface area is 141 Å². The summed E-state index contributed by atoms with van der Waals surface area (Å²) < 4.78 is 12.6. The van der Waals surface area contributed by atoms with Crippen LogP contribution in [0.4, 0.5) is 0 Å².